The number of rotatable bonds is 7. The van der Waals surface area contributed by atoms with Crippen LogP contribution < -0.4 is 20.5 Å². The standard InChI is InChI=1S/C30H39ClN6O3S/c1-18-16-21(19(2)32-23-6-7-24(31)33-26(23)27(38)35-41-5)25-22(17-18)28(39)36(3)29(34-25)37-14-12-30(13-15-37)10-8-20(40-4)9-11-30/h6-7,16-17,19-20,32H,8-15H2,1-5H3,(H,35,38). The second kappa shape index (κ2) is 12.2. The Bertz CT molecular complexity index is 1490. The third-order valence-corrected chi connectivity index (χ3v) is 9.47. The molecular formula is C30H39ClN6O3S. The number of aromatic nitrogens is 3. The van der Waals surface area contributed by atoms with Crippen LogP contribution in [0, 0.1) is 12.3 Å². The van der Waals surface area contributed by atoms with Crippen molar-refractivity contribution in [3.05, 3.63) is 56.6 Å². The number of amides is 1. The summed E-state index contributed by atoms with van der Waals surface area (Å²) in [4.78, 5) is 38.0. The van der Waals surface area contributed by atoms with Gasteiger partial charge >= 0.3 is 0 Å². The fraction of sp³-hybridized carbons (Fsp3) is 0.533. The largest absolute Gasteiger partial charge is 0.381 e. The van der Waals surface area contributed by atoms with E-state index in [0.29, 0.717) is 34.1 Å². The number of hydrogen-bond donors (Lipinski definition) is 2. The van der Waals surface area contributed by atoms with Crippen LogP contribution in [0.5, 0.6) is 0 Å². The van der Waals surface area contributed by atoms with Crippen molar-refractivity contribution in [2.45, 2.75) is 64.5 Å². The first-order valence-corrected chi connectivity index (χ1v) is 15.8. The molecule has 220 valence electrons. The number of pyridine rings is 1. The number of fused-ring (bicyclic) bond motifs is 1. The molecule has 1 aliphatic carbocycles. The molecule has 1 atom stereocenters. The Kier molecular flexibility index (Phi) is 8.82. The highest BCUT2D eigenvalue weighted by atomic mass is 35.5. The van der Waals surface area contributed by atoms with E-state index in [9.17, 15) is 9.59 Å². The van der Waals surface area contributed by atoms with Crippen molar-refractivity contribution in [2.24, 2.45) is 12.5 Å². The second-order valence-corrected chi connectivity index (χ2v) is 12.5. The number of ether oxygens (including phenoxy) is 1. The van der Waals surface area contributed by atoms with Crippen LogP contribution in [0.4, 0.5) is 11.6 Å². The van der Waals surface area contributed by atoms with Crippen molar-refractivity contribution < 1.29 is 9.53 Å². The lowest BCUT2D eigenvalue weighted by molar-refractivity contribution is 0.0168. The van der Waals surface area contributed by atoms with Crippen molar-refractivity contribution in [1.82, 2.24) is 19.3 Å². The minimum Gasteiger partial charge on any atom is -0.381 e. The average Bonchev–Trinajstić information content (AvgIpc) is 2.97. The molecule has 2 aromatic heterocycles. The highest BCUT2D eigenvalue weighted by Crippen LogP contribution is 2.45. The molecule has 0 bridgehead atoms. The average molecular weight is 599 g/mol. The first kappa shape index (κ1) is 29.7. The lowest BCUT2D eigenvalue weighted by Gasteiger charge is -2.46. The quantitative estimate of drug-likeness (QED) is 0.266. The Hall–Kier alpha value is -2.82. The Labute approximate surface area is 250 Å². The first-order chi connectivity index (χ1) is 19.6. The van der Waals surface area contributed by atoms with E-state index in [1.165, 1.54) is 24.8 Å². The highest BCUT2D eigenvalue weighted by Gasteiger charge is 2.39. The van der Waals surface area contributed by atoms with Crippen LogP contribution in [-0.4, -0.2) is 53.0 Å². The normalized spacial score (nSPS) is 18.0. The van der Waals surface area contributed by atoms with Gasteiger partial charge in [-0.15, -0.1) is 0 Å². The molecule has 3 heterocycles. The molecule has 1 unspecified atom stereocenters. The van der Waals surface area contributed by atoms with E-state index in [1.54, 1.807) is 23.0 Å². The van der Waals surface area contributed by atoms with Gasteiger partial charge in [0.15, 0.2) is 5.69 Å². The summed E-state index contributed by atoms with van der Waals surface area (Å²) in [5.41, 5.74) is 3.60. The van der Waals surface area contributed by atoms with Gasteiger partial charge in [0.1, 0.15) is 5.15 Å². The van der Waals surface area contributed by atoms with Crippen molar-refractivity contribution in [1.29, 1.82) is 0 Å². The van der Waals surface area contributed by atoms with E-state index in [4.69, 9.17) is 21.3 Å². The molecule has 5 rings (SSSR count). The molecule has 2 N–H and O–H groups in total. The van der Waals surface area contributed by atoms with Gasteiger partial charge in [-0.3, -0.25) is 18.9 Å². The van der Waals surface area contributed by atoms with Crippen molar-refractivity contribution in [2.75, 3.05) is 36.7 Å². The van der Waals surface area contributed by atoms with E-state index >= 15 is 0 Å². The van der Waals surface area contributed by atoms with Gasteiger partial charge in [0.2, 0.25) is 5.95 Å². The molecule has 1 spiro atoms. The number of aryl methyl sites for hydroxylation is 1. The summed E-state index contributed by atoms with van der Waals surface area (Å²) in [5, 5.41) is 4.25. The summed E-state index contributed by atoms with van der Waals surface area (Å²) in [6.45, 7) is 5.73. The second-order valence-electron chi connectivity index (χ2n) is 11.5. The third-order valence-electron chi connectivity index (χ3n) is 8.87. The Morgan fingerprint density at radius 1 is 1.17 bits per heavy atom. The Morgan fingerprint density at radius 2 is 1.88 bits per heavy atom. The van der Waals surface area contributed by atoms with Crippen LogP contribution in [0.15, 0.2) is 29.1 Å². The Balaban J connectivity index is 1.46. The van der Waals surface area contributed by atoms with Crippen LogP contribution in [-0.2, 0) is 11.8 Å². The molecule has 1 amide bonds. The van der Waals surface area contributed by atoms with Gasteiger partial charge in [-0.1, -0.05) is 29.6 Å². The number of methoxy groups -OCH3 is 1. The van der Waals surface area contributed by atoms with Gasteiger partial charge < -0.3 is 15.0 Å². The molecule has 2 aliphatic rings. The van der Waals surface area contributed by atoms with Gasteiger partial charge in [0, 0.05) is 39.1 Å². The maximum absolute atomic E-state index is 13.7. The van der Waals surface area contributed by atoms with Crippen LogP contribution in [0.1, 0.15) is 73.1 Å². The zero-order valence-corrected chi connectivity index (χ0v) is 26.0. The summed E-state index contributed by atoms with van der Waals surface area (Å²) in [7, 11) is 3.63. The van der Waals surface area contributed by atoms with Crippen LogP contribution in [0.25, 0.3) is 10.9 Å². The fourth-order valence-electron chi connectivity index (χ4n) is 6.45. The smallest absolute Gasteiger partial charge is 0.281 e. The van der Waals surface area contributed by atoms with Gasteiger partial charge in [0.05, 0.1) is 28.7 Å². The summed E-state index contributed by atoms with van der Waals surface area (Å²) >= 11 is 7.31. The lowest BCUT2D eigenvalue weighted by atomic mass is 9.67. The summed E-state index contributed by atoms with van der Waals surface area (Å²) in [5.74, 6) is 0.366. The highest BCUT2D eigenvalue weighted by molar-refractivity contribution is 7.97. The molecule has 1 saturated carbocycles. The number of hydrogen-bond acceptors (Lipinski definition) is 8. The van der Waals surface area contributed by atoms with E-state index < -0.39 is 0 Å². The molecule has 3 aromatic rings. The zero-order valence-electron chi connectivity index (χ0n) is 24.4. The number of carbonyl (C=O) groups is 1. The predicted molar refractivity (Wildman–Crippen MR) is 167 cm³/mol. The van der Waals surface area contributed by atoms with Crippen molar-refractivity contribution in [3.63, 3.8) is 0 Å². The Morgan fingerprint density at radius 3 is 2.54 bits per heavy atom. The molecule has 9 nitrogen and oxygen atoms in total. The van der Waals surface area contributed by atoms with E-state index in [0.717, 1.165) is 49.9 Å². The minimum atomic E-state index is -0.336. The number of nitrogens with one attached hydrogen (secondary N) is 2. The minimum absolute atomic E-state index is 0.0590. The van der Waals surface area contributed by atoms with E-state index in [1.807, 2.05) is 34.1 Å². The van der Waals surface area contributed by atoms with Gasteiger partial charge in [-0.25, -0.2) is 9.97 Å². The summed E-state index contributed by atoms with van der Waals surface area (Å²) in [6.07, 6.45) is 9.01. The maximum atomic E-state index is 13.7. The zero-order chi connectivity index (χ0) is 29.3. The molecule has 11 heteroatoms. The predicted octanol–water partition coefficient (Wildman–Crippen LogP) is 5.65. The molecule has 2 fully saturated rings. The lowest BCUT2D eigenvalue weighted by Crippen LogP contribution is -2.44. The molecule has 41 heavy (non-hydrogen) atoms. The number of anilines is 2. The maximum Gasteiger partial charge on any atom is 0.281 e. The van der Waals surface area contributed by atoms with E-state index in [-0.39, 0.29) is 28.4 Å². The summed E-state index contributed by atoms with van der Waals surface area (Å²) in [6, 6.07) is 7.10. The molecule has 0 radical (unpaired) electrons. The third kappa shape index (κ3) is 6.05. The molecule has 1 aromatic carbocycles. The molecule has 1 saturated heterocycles. The van der Waals surface area contributed by atoms with Crippen LogP contribution >= 0.6 is 23.5 Å². The number of benzene rings is 1. The number of carbonyl (C=O) groups excluding carboxylic acids is 1. The first-order valence-electron chi connectivity index (χ1n) is 14.2. The molecule has 1 aliphatic heterocycles. The number of halogens is 1. The van der Waals surface area contributed by atoms with Crippen molar-refractivity contribution >= 4 is 52.0 Å². The van der Waals surface area contributed by atoms with Gasteiger partial charge in [-0.05, 0) is 81.5 Å². The summed E-state index contributed by atoms with van der Waals surface area (Å²) < 4.78 is 10.0. The number of nitrogens with zero attached hydrogens (tertiary/aromatic N) is 4. The van der Waals surface area contributed by atoms with Crippen molar-refractivity contribution in [3.8, 4) is 0 Å². The fourth-order valence-corrected chi connectivity index (χ4v) is 6.88. The topological polar surface area (TPSA) is 101 Å². The van der Waals surface area contributed by atoms with Gasteiger partial charge in [-0.2, -0.15) is 0 Å². The van der Waals surface area contributed by atoms with Crippen LogP contribution in [0.2, 0.25) is 5.15 Å². The van der Waals surface area contributed by atoms with Gasteiger partial charge in [0.25, 0.3) is 11.5 Å². The van der Waals surface area contributed by atoms with E-state index in [2.05, 4.69) is 26.0 Å². The number of piperidine rings is 1. The SMILES string of the molecule is COC1CCC2(CC1)CCN(c1nc3c(C(C)Nc4ccc(Cl)nc4C(=O)NSC)cc(C)cc3c(=O)n1C)CC2. The monoisotopic (exact) mass is 598 g/mol. The molecular weight excluding hydrogens is 560 g/mol. The van der Waals surface area contributed by atoms with Crippen LogP contribution in [0.3, 0.4) is 0 Å².